The summed E-state index contributed by atoms with van der Waals surface area (Å²) in [7, 11) is 0. The third-order valence-electron chi connectivity index (χ3n) is 2.04. The fourth-order valence-corrected chi connectivity index (χ4v) is 1.80. The number of nitrogens with one attached hydrogen (secondary N) is 1. The first-order valence-electron chi connectivity index (χ1n) is 4.82. The van der Waals surface area contributed by atoms with Crippen LogP contribution >= 0.6 is 39.1 Å². The molecule has 0 aliphatic heterocycles. The number of hydrogen-bond acceptors (Lipinski definition) is 3. The molecule has 1 heterocycles. The van der Waals surface area contributed by atoms with Crippen molar-refractivity contribution in [3.05, 3.63) is 50.7 Å². The van der Waals surface area contributed by atoms with Crippen LogP contribution < -0.4 is 5.32 Å². The molecule has 1 amide bonds. The van der Waals surface area contributed by atoms with Gasteiger partial charge in [-0.2, -0.15) is 0 Å². The van der Waals surface area contributed by atoms with Gasteiger partial charge < -0.3 is 5.32 Å². The van der Waals surface area contributed by atoms with Crippen LogP contribution in [0.15, 0.2) is 34.8 Å². The Hall–Kier alpha value is -1.17. The fraction of sp³-hybridized carbons (Fsp3) is 0. The largest absolute Gasteiger partial charge is 0.321 e. The monoisotopic (exact) mass is 345 g/mol. The zero-order chi connectivity index (χ0) is 13.1. The summed E-state index contributed by atoms with van der Waals surface area (Å²) in [6, 6.07) is 8.06. The van der Waals surface area contributed by atoms with Crippen LogP contribution in [0, 0.1) is 0 Å². The number of halogens is 3. The molecule has 0 bridgehead atoms. The summed E-state index contributed by atoms with van der Waals surface area (Å²) in [5, 5.41) is 10.8. The lowest BCUT2D eigenvalue weighted by molar-refractivity contribution is 0.102. The van der Waals surface area contributed by atoms with Gasteiger partial charge in [-0.05, 0) is 46.3 Å². The molecule has 2 aromatic rings. The lowest BCUT2D eigenvalue weighted by Gasteiger charge is -2.05. The summed E-state index contributed by atoms with van der Waals surface area (Å²) in [6.07, 6.45) is 0. The highest BCUT2D eigenvalue weighted by Gasteiger charge is 2.09. The molecule has 1 aromatic carbocycles. The van der Waals surface area contributed by atoms with Crippen molar-refractivity contribution < 1.29 is 4.79 Å². The average Bonchev–Trinajstić information content (AvgIpc) is 2.34. The second kappa shape index (κ2) is 5.65. The zero-order valence-electron chi connectivity index (χ0n) is 8.82. The van der Waals surface area contributed by atoms with E-state index in [0.717, 1.165) is 0 Å². The quantitative estimate of drug-likeness (QED) is 0.899. The molecule has 0 aliphatic carbocycles. The maximum absolute atomic E-state index is 11.8. The van der Waals surface area contributed by atoms with Crippen LogP contribution in [-0.2, 0) is 0 Å². The number of hydrogen-bond donors (Lipinski definition) is 1. The molecule has 18 heavy (non-hydrogen) atoms. The van der Waals surface area contributed by atoms with Crippen molar-refractivity contribution >= 4 is 50.7 Å². The highest BCUT2D eigenvalue weighted by atomic mass is 79.9. The standard InChI is InChI=1S/C11H6BrCl2N3O/c12-7-5-6(1-2-8(7)13)15-11(18)9-3-4-10(14)17-16-9/h1-5H,(H,15,18). The number of carbonyl (C=O) groups excluding carboxylic acids is 1. The molecule has 0 unspecified atom stereocenters. The summed E-state index contributed by atoms with van der Waals surface area (Å²) in [6.45, 7) is 0. The molecule has 0 atom stereocenters. The molecule has 0 saturated carbocycles. The maximum atomic E-state index is 11.8. The molecule has 92 valence electrons. The molecular formula is C11H6BrCl2N3O. The van der Waals surface area contributed by atoms with E-state index in [4.69, 9.17) is 23.2 Å². The Kier molecular flexibility index (Phi) is 4.16. The van der Waals surface area contributed by atoms with Gasteiger partial charge in [0, 0.05) is 10.2 Å². The lowest BCUT2D eigenvalue weighted by atomic mass is 10.3. The van der Waals surface area contributed by atoms with Gasteiger partial charge >= 0.3 is 0 Å². The van der Waals surface area contributed by atoms with Gasteiger partial charge in [0.1, 0.15) is 0 Å². The van der Waals surface area contributed by atoms with Gasteiger partial charge in [-0.15, -0.1) is 10.2 Å². The number of amides is 1. The van der Waals surface area contributed by atoms with Gasteiger partial charge in [0.05, 0.1) is 5.02 Å². The van der Waals surface area contributed by atoms with E-state index in [1.165, 1.54) is 12.1 Å². The van der Waals surface area contributed by atoms with Crippen LogP contribution in [0.1, 0.15) is 10.5 Å². The van der Waals surface area contributed by atoms with Gasteiger partial charge in [0.25, 0.3) is 5.91 Å². The van der Waals surface area contributed by atoms with Crippen molar-refractivity contribution in [2.45, 2.75) is 0 Å². The first-order chi connectivity index (χ1) is 8.56. The second-order valence-corrected chi connectivity index (χ2v) is 4.97. The minimum absolute atomic E-state index is 0.186. The second-order valence-electron chi connectivity index (χ2n) is 3.32. The Morgan fingerprint density at radius 3 is 2.56 bits per heavy atom. The van der Waals surface area contributed by atoms with Gasteiger partial charge in [-0.1, -0.05) is 23.2 Å². The van der Waals surface area contributed by atoms with Crippen LogP contribution in [0.4, 0.5) is 5.69 Å². The maximum Gasteiger partial charge on any atom is 0.276 e. The highest BCUT2D eigenvalue weighted by molar-refractivity contribution is 9.10. The molecule has 1 aromatic heterocycles. The molecule has 4 nitrogen and oxygen atoms in total. The normalized spacial score (nSPS) is 10.2. The number of nitrogens with zero attached hydrogens (tertiary/aromatic N) is 2. The average molecular weight is 347 g/mol. The SMILES string of the molecule is O=C(Nc1ccc(Cl)c(Br)c1)c1ccc(Cl)nn1. The number of aromatic nitrogens is 2. The van der Waals surface area contributed by atoms with Crippen LogP contribution in [0.25, 0.3) is 0 Å². The molecule has 2 rings (SSSR count). The van der Waals surface area contributed by atoms with Crippen molar-refractivity contribution in [3.8, 4) is 0 Å². The first-order valence-corrected chi connectivity index (χ1v) is 6.37. The first kappa shape index (κ1) is 13.3. The van der Waals surface area contributed by atoms with E-state index < -0.39 is 0 Å². The van der Waals surface area contributed by atoms with Crippen molar-refractivity contribution in [1.82, 2.24) is 10.2 Å². The number of carbonyl (C=O) groups is 1. The van der Waals surface area contributed by atoms with E-state index in [1.54, 1.807) is 18.2 Å². The van der Waals surface area contributed by atoms with E-state index >= 15 is 0 Å². The Labute approximate surface area is 121 Å². The third kappa shape index (κ3) is 3.19. The minimum atomic E-state index is -0.367. The minimum Gasteiger partial charge on any atom is -0.321 e. The predicted octanol–water partition coefficient (Wildman–Crippen LogP) is 3.80. The Bertz CT molecular complexity index is 589. The summed E-state index contributed by atoms with van der Waals surface area (Å²) in [5.41, 5.74) is 0.790. The van der Waals surface area contributed by atoms with Crippen LogP contribution in [0.2, 0.25) is 10.2 Å². The molecule has 0 aliphatic rings. The molecular weight excluding hydrogens is 341 g/mol. The summed E-state index contributed by atoms with van der Waals surface area (Å²) < 4.78 is 0.698. The third-order valence-corrected chi connectivity index (χ3v) is 3.46. The van der Waals surface area contributed by atoms with E-state index in [2.05, 4.69) is 31.4 Å². The van der Waals surface area contributed by atoms with E-state index in [0.29, 0.717) is 15.2 Å². The van der Waals surface area contributed by atoms with Crippen molar-refractivity contribution in [2.75, 3.05) is 5.32 Å². The Morgan fingerprint density at radius 2 is 1.94 bits per heavy atom. The van der Waals surface area contributed by atoms with Crippen LogP contribution in [-0.4, -0.2) is 16.1 Å². The molecule has 0 radical (unpaired) electrons. The predicted molar refractivity (Wildman–Crippen MR) is 74.1 cm³/mol. The smallest absolute Gasteiger partial charge is 0.276 e. The number of rotatable bonds is 2. The number of anilines is 1. The summed E-state index contributed by atoms with van der Waals surface area (Å²) in [5.74, 6) is -0.367. The molecule has 0 saturated heterocycles. The van der Waals surface area contributed by atoms with Gasteiger partial charge in [0.2, 0.25) is 0 Å². The molecule has 0 fully saturated rings. The fourth-order valence-electron chi connectivity index (χ4n) is 1.21. The van der Waals surface area contributed by atoms with E-state index in [1.807, 2.05) is 0 Å². The topological polar surface area (TPSA) is 54.9 Å². The van der Waals surface area contributed by atoms with Gasteiger partial charge in [-0.25, -0.2) is 0 Å². The number of benzene rings is 1. The van der Waals surface area contributed by atoms with Crippen molar-refractivity contribution in [3.63, 3.8) is 0 Å². The Morgan fingerprint density at radius 1 is 1.17 bits per heavy atom. The van der Waals surface area contributed by atoms with E-state index in [9.17, 15) is 4.79 Å². The summed E-state index contributed by atoms with van der Waals surface area (Å²) >= 11 is 14.7. The molecule has 1 N–H and O–H groups in total. The van der Waals surface area contributed by atoms with Crippen LogP contribution in [0.5, 0.6) is 0 Å². The lowest BCUT2D eigenvalue weighted by Crippen LogP contribution is -2.14. The molecule has 0 spiro atoms. The zero-order valence-corrected chi connectivity index (χ0v) is 11.9. The van der Waals surface area contributed by atoms with Gasteiger partial charge in [-0.3, -0.25) is 4.79 Å². The Balaban J connectivity index is 2.16. The highest BCUT2D eigenvalue weighted by Crippen LogP contribution is 2.25. The summed E-state index contributed by atoms with van der Waals surface area (Å²) in [4.78, 5) is 11.8. The van der Waals surface area contributed by atoms with Crippen molar-refractivity contribution in [2.24, 2.45) is 0 Å². The van der Waals surface area contributed by atoms with E-state index in [-0.39, 0.29) is 16.8 Å². The van der Waals surface area contributed by atoms with Crippen molar-refractivity contribution in [1.29, 1.82) is 0 Å². The van der Waals surface area contributed by atoms with Gasteiger partial charge in [0.15, 0.2) is 10.8 Å². The van der Waals surface area contributed by atoms with Crippen LogP contribution in [0.3, 0.4) is 0 Å². The molecule has 7 heteroatoms.